The average Bonchev–Trinajstić information content (AvgIpc) is 2.97. The van der Waals surface area contributed by atoms with Crippen LogP contribution in [-0.2, 0) is 4.79 Å². The molecule has 1 aliphatic carbocycles. The van der Waals surface area contributed by atoms with Crippen LogP contribution in [0.15, 0.2) is 0 Å². The third kappa shape index (κ3) is 1.69. The van der Waals surface area contributed by atoms with Crippen molar-refractivity contribution in [2.24, 2.45) is 11.8 Å². The number of hydrogen-bond acceptors (Lipinski definition) is 2. The monoisotopic (exact) mass is 221 g/mol. The van der Waals surface area contributed by atoms with E-state index in [0.717, 1.165) is 12.8 Å². The largest absolute Gasteiger partial charge is 0.316 e. The molecule has 4 nitrogen and oxygen atoms in total. The number of fused-ring (bicyclic) bond motifs is 1. The van der Waals surface area contributed by atoms with Crippen LogP contribution in [0.25, 0.3) is 4.85 Å². The molecule has 4 unspecified atom stereocenters. The number of carbonyl (C=O) groups is 1. The average molecular weight is 221 g/mol. The molecule has 4 heteroatoms. The molecule has 2 rings (SSSR count). The highest BCUT2D eigenvalue weighted by Gasteiger charge is 2.57. The fourth-order valence-corrected chi connectivity index (χ4v) is 2.56. The van der Waals surface area contributed by atoms with E-state index in [9.17, 15) is 4.79 Å². The molecule has 5 atom stereocenters. The second kappa shape index (κ2) is 4.06. The van der Waals surface area contributed by atoms with Gasteiger partial charge in [-0.3, -0.25) is 14.5 Å². The molecule has 0 bridgehead atoms. The van der Waals surface area contributed by atoms with Gasteiger partial charge in [0.05, 0.1) is 5.92 Å². The minimum Gasteiger partial charge on any atom is -0.316 e. The Balaban J connectivity index is 2.06. The molecule has 1 N–H and O–H groups in total. The van der Waals surface area contributed by atoms with Gasteiger partial charge >= 0.3 is 6.17 Å². The molecule has 0 aromatic rings. The van der Waals surface area contributed by atoms with Gasteiger partial charge in [0.15, 0.2) is 0 Å². The van der Waals surface area contributed by atoms with E-state index in [1.807, 2.05) is 25.8 Å². The zero-order valence-corrected chi connectivity index (χ0v) is 10.1. The summed E-state index contributed by atoms with van der Waals surface area (Å²) in [6.45, 7) is 11.1. The molecule has 88 valence electrons. The first-order chi connectivity index (χ1) is 7.60. The van der Waals surface area contributed by atoms with Crippen LogP contribution in [0.5, 0.6) is 0 Å². The number of carbonyl (C=O) groups excluding carboxylic acids is 1. The second-order valence-electron chi connectivity index (χ2n) is 5.02. The molecule has 0 aromatic carbocycles. The molecule has 16 heavy (non-hydrogen) atoms. The van der Waals surface area contributed by atoms with Crippen LogP contribution in [-0.4, -0.2) is 36.1 Å². The van der Waals surface area contributed by atoms with Gasteiger partial charge in [0.2, 0.25) is 5.91 Å². The van der Waals surface area contributed by atoms with Crippen molar-refractivity contribution in [3.63, 3.8) is 0 Å². The van der Waals surface area contributed by atoms with Gasteiger partial charge in [0.25, 0.3) is 0 Å². The zero-order valence-electron chi connectivity index (χ0n) is 10.1. The SMILES string of the molecule is [C-]#[N+]C1CC2CC2N1C(=O)[C@H](C)C(C)NC. The van der Waals surface area contributed by atoms with Crippen molar-refractivity contribution < 1.29 is 4.79 Å². The summed E-state index contributed by atoms with van der Waals surface area (Å²) in [6.07, 6.45) is 1.81. The molecule has 2 aliphatic rings. The Morgan fingerprint density at radius 1 is 1.50 bits per heavy atom. The van der Waals surface area contributed by atoms with E-state index in [-0.39, 0.29) is 24.0 Å². The Morgan fingerprint density at radius 2 is 2.19 bits per heavy atom. The Hall–Kier alpha value is -1.08. The molecular formula is C12H19N3O. The number of hydrogen-bond donors (Lipinski definition) is 1. The summed E-state index contributed by atoms with van der Waals surface area (Å²) < 4.78 is 0. The Labute approximate surface area is 96.8 Å². The lowest BCUT2D eigenvalue weighted by atomic mass is 10.0. The Bertz CT molecular complexity index is 336. The quantitative estimate of drug-likeness (QED) is 0.724. The van der Waals surface area contributed by atoms with Gasteiger partial charge in [0.1, 0.15) is 0 Å². The summed E-state index contributed by atoms with van der Waals surface area (Å²) in [7, 11) is 1.87. The van der Waals surface area contributed by atoms with Crippen LogP contribution >= 0.6 is 0 Å². The maximum atomic E-state index is 12.3. The summed E-state index contributed by atoms with van der Waals surface area (Å²) in [5.41, 5.74) is 0. The van der Waals surface area contributed by atoms with E-state index in [4.69, 9.17) is 6.57 Å². The molecule has 0 spiro atoms. The fraction of sp³-hybridized carbons (Fsp3) is 0.833. The topological polar surface area (TPSA) is 36.7 Å². The van der Waals surface area contributed by atoms with Gasteiger partial charge in [-0.1, -0.05) is 6.92 Å². The van der Waals surface area contributed by atoms with Crippen molar-refractivity contribution in [2.75, 3.05) is 7.05 Å². The van der Waals surface area contributed by atoms with E-state index in [1.165, 1.54) is 0 Å². The molecule has 1 saturated carbocycles. The summed E-state index contributed by atoms with van der Waals surface area (Å²) >= 11 is 0. The lowest BCUT2D eigenvalue weighted by molar-refractivity contribution is -0.136. The Kier molecular flexibility index (Phi) is 2.90. The van der Waals surface area contributed by atoms with Crippen LogP contribution in [0.3, 0.4) is 0 Å². The lowest BCUT2D eigenvalue weighted by Gasteiger charge is -2.26. The normalized spacial score (nSPS) is 35.1. The van der Waals surface area contributed by atoms with Crippen LogP contribution in [0.1, 0.15) is 26.7 Å². The number of rotatable bonds is 3. The predicted octanol–water partition coefficient (Wildman–Crippen LogP) is 1.10. The molecule has 0 radical (unpaired) electrons. The van der Waals surface area contributed by atoms with Gasteiger partial charge in [-0.05, 0) is 26.3 Å². The number of nitrogens with one attached hydrogen (secondary N) is 1. The number of likely N-dealkylation sites (tertiary alicyclic amines) is 1. The van der Waals surface area contributed by atoms with E-state index in [1.54, 1.807) is 0 Å². The van der Waals surface area contributed by atoms with E-state index in [2.05, 4.69) is 10.2 Å². The first-order valence-corrected chi connectivity index (χ1v) is 5.96. The molecular weight excluding hydrogens is 202 g/mol. The molecule has 1 saturated heterocycles. The van der Waals surface area contributed by atoms with Crippen molar-refractivity contribution >= 4 is 5.91 Å². The van der Waals surface area contributed by atoms with Crippen LogP contribution < -0.4 is 5.32 Å². The van der Waals surface area contributed by atoms with Gasteiger partial charge < -0.3 is 5.32 Å². The number of amides is 1. The van der Waals surface area contributed by atoms with Crippen molar-refractivity contribution in [1.29, 1.82) is 0 Å². The van der Waals surface area contributed by atoms with Crippen LogP contribution in [0.4, 0.5) is 0 Å². The fourth-order valence-electron chi connectivity index (χ4n) is 2.56. The molecule has 2 fully saturated rings. The van der Waals surface area contributed by atoms with Crippen LogP contribution in [0.2, 0.25) is 0 Å². The minimum absolute atomic E-state index is 0.0476. The van der Waals surface area contributed by atoms with E-state index < -0.39 is 0 Å². The summed E-state index contributed by atoms with van der Waals surface area (Å²) in [4.78, 5) is 17.7. The standard InChI is InChI=1S/C12H19N3O/c1-7(8(2)13-3)12(16)15-10-5-9(10)6-11(15)14-4/h7-11,13H,5-6H2,1-3H3/t7-,8?,9?,10?,11?/m1/s1. The van der Waals surface area contributed by atoms with Crippen molar-refractivity contribution in [1.82, 2.24) is 10.2 Å². The molecule has 1 amide bonds. The Morgan fingerprint density at radius 3 is 2.75 bits per heavy atom. The van der Waals surface area contributed by atoms with Gasteiger partial charge in [-0.2, -0.15) is 0 Å². The van der Waals surface area contributed by atoms with Crippen molar-refractivity contribution in [3.05, 3.63) is 11.4 Å². The summed E-state index contributed by atoms with van der Waals surface area (Å²) in [6, 6.07) is 0.537. The van der Waals surface area contributed by atoms with E-state index >= 15 is 0 Å². The lowest BCUT2D eigenvalue weighted by Crippen LogP contribution is -2.45. The highest BCUT2D eigenvalue weighted by Crippen LogP contribution is 2.48. The third-order valence-corrected chi connectivity index (χ3v) is 4.08. The second-order valence-corrected chi connectivity index (χ2v) is 5.02. The van der Waals surface area contributed by atoms with Crippen molar-refractivity contribution in [3.8, 4) is 0 Å². The highest BCUT2D eigenvalue weighted by molar-refractivity contribution is 5.81. The predicted molar refractivity (Wildman–Crippen MR) is 61.4 cm³/mol. The molecule has 1 aliphatic heterocycles. The van der Waals surface area contributed by atoms with Gasteiger partial charge in [-0.25, -0.2) is 6.57 Å². The third-order valence-electron chi connectivity index (χ3n) is 4.08. The highest BCUT2D eigenvalue weighted by atomic mass is 16.2. The summed E-state index contributed by atoms with van der Waals surface area (Å²) in [5.74, 6) is 0.710. The maximum Gasteiger partial charge on any atom is 0.301 e. The first-order valence-electron chi connectivity index (χ1n) is 5.96. The molecule has 1 heterocycles. The summed E-state index contributed by atoms with van der Waals surface area (Å²) in [5, 5.41) is 3.11. The number of piperidine rings is 1. The van der Waals surface area contributed by atoms with Crippen LogP contribution in [0, 0.1) is 18.4 Å². The minimum atomic E-state index is -0.192. The van der Waals surface area contributed by atoms with Gasteiger partial charge in [-0.15, -0.1) is 0 Å². The first kappa shape index (κ1) is 11.4. The maximum absolute atomic E-state index is 12.3. The number of nitrogens with zero attached hydrogens (tertiary/aromatic N) is 2. The smallest absolute Gasteiger partial charge is 0.301 e. The zero-order chi connectivity index (χ0) is 11.9. The van der Waals surface area contributed by atoms with Gasteiger partial charge in [0, 0.05) is 18.5 Å². The van der Waals surface area contributed by atoms with E-state index in [0.29, 0.717) is 12.0 Å². The molecule has 0 aromatic heterocycles. The van der Waals surface area contributed by atoms with Crippen molar-refractivity contribution in [2.45, 2.75) is 44.9 Å².